The zero-order valence-electron chi connectivity index (χ0n) is 13.3. The largest absolute Gasteiger partial charge is 0.303 e. The SMILES string of the molecule is Cc1cc([C@@H](N[C@H](C)c2cnn(C)c2)C(C)C)c(C)s1. The molecule has 2 aromatic rings. The van der Waals surface area contributed by atoms with Gasteiger partial charge in [0, 0.05) is 40.6 Å². The zero-order chi connectivity index (χ0) is 14.9. The molecule has 2 aromatic heterocycles. The lowest BCUT2D eigenvalue weighted by Crippen LogP contribution is -2.28. The van der Waals surface area contributed by atoms with Gasteiger partial charge in [0.1, 0.15) is 0 Å². The molecule has 2 rings (SSSR count). The lowest BCUT2D eigenvalue weighted by molar-refractivity contribution is 0.374. The van der Waals surface area contributed by atoms with Crippen LogP contribution in [0.1, 0.15) is 53.7 Å². The summed E-state index contributed by atoms with van der Waals surface area (Å²) in [7, 11) is 1.96. The third kappa shape index (κ3) is 3.30. The number of hydrogen-bond donors (Lipinski definition) is 1. The Hall–Kier alpha value is -1.13. The number of nitrogens with zero attached hydrogens (tertiary/aromatic N) is 2. The summed E-state index contributed by atoms with van der Waals surface area (Å²) in [6.07, 6.45) is 4.03. The monoisotopic (exact) mass is 291 g/mol. The first-order chi connectivity index (χ1) is 9.38. The lowest BCUT2D eigenvalue weighted by atomic mass is 9.95. The van der Waals surface area contributed by atoms with Crippen molar-refractivity contribution in [2.24, 2.45) is 13.0 Å². The lowest BCUT2D eigenvalue weighted by Gasteiger charge is -2.26. The second-order valence-electron chi connectivity index (χ2n) is 5.93. The highest BCUT2D eigenvalue weighted by atomic mass is 32.1. The number of hydrogen-bond acceptors (Lipinski definition) is 3. The zero-order valence-corrected chi connectivity index (χ0v) is 14.1. The molecule has 0 unspecified atom stereocenters. The van der Waals surface area contributed by atoms with Gasteiger partial charge in [0.2, 0.25) is 0 Å². The summed E-state index contributed by atoms with van der Waals surface area (Å²) < 4.78 is 1.86. The minimum Gasteiger partial charge on any atom is -0.303 e. The molecule has 0 saturated carbocycles. The second kappa shape index (κ2) is 6.10. The molecule has 1 N–H and O–H groups in total. The third-order valence-corrected chi connectivity index (χ3v) is 4.72. The maximum atomic E-state index is 4.26. The molecular formula is C16H25N3S. The Labute approximate surface area is 126 Å². The van der Waals surface area contributed by atoms with Crippen molar-refractivity contribution in [2.45, 2.75) is 46.7 Å². The van der Waals surface area contributed by atoms with Crippen LogP contribution in [0.15, 0.2) is 18.5 Å². The van der Waals surface area contributed by atoms with Gasteiger partial charge in [-0.15, -0.1) is 11.3 Å². The van der Waals surface area contributed by atoms with Gasteiger partial charge in [-0.25, -0.2) is 0 Å². The normalized spacial score (nSPS) is 14.8. The van der Waals surface area contributed by atoms with Gasteiger partial charge in [-0.3, -0.25) is 4.68 Å². The molecule has 3 nitrogen and oxygen atoms in total. The number of nitrogens with one attached hydrogen (secondary N) is 1. The molecule has 0 bridgehead atoms. The van der Waals surface area contributed by atoms with E-state index in [-0.39, 0.29) is 0 Å². The molecule has 2 heterocycles. The Morgan fingerprint density at radius 1 is 1.25 bits per heavy atom. The Bertz CT molecular complexity index is 568. The Morgan fingerprint density at radius 2 is 1.95 bits per heavy atom. The van der Waals surface area contributed by atoms with Gasteiger partial charge in [0.25, 0.3) is 0 Å². The number of aromatic nitrogens is 2. The maximum absolute atomic E-state index is 4.26. The van der Waals surface area contributed by atoms with Crippen molar-refractivity contribution >= 4 is 11.3 Å². The highest BCUT2D eigenvalue weighted by molar-refractivity contribution is 7.12. The number of rotatable bonds is 5. The van der Waals surface area contributed by atoms with Crippen molar-refractivity contribution < 1.29 is 0 Å². The van der Waals surface area contributed by atoms with E-state index in [2.05, 4.69) is 57.3 Å². The van der Waals surface area contributed by atoms with E-state index < -0.39 is 0 Å². The van der Waals surface area contributed by atoms with Gasteiger partial charge in [-0.05, 0) is 38.3 Å². The van der Waals surface area contributed by atoms with Crippen molar-refractivity contribution in [3.05, 3.63) is 39.3 Å². The van der Waals surface area contributed by atoms with Crippen LogP contribution in [0, 0.1) is 19.8 Å². The van der Waals surface area contributed by atoms with E-state index >= 15 is 0 Å². The molecule has 20 heavy (non-hydrogen) atoms. The first-order valence-electron chi connectivity index (χ1n) is 7.20. The van der Waals surface area contributed by atoms with Crippen LogP contribution >= 0.6 is 11.3 Å². The third-order valence-electron chi connectivity index (χ3n) is 3.74. The summed E-state index contributed by atoms with van der Waals surface area (Å²) >= 11 is 1.89. The average Bonchev–Trinajstić information content (AvgIpc) is 2.92. The molecule has 0 fully saturated rings. The van der Waals surface area contributed by atoms with Crippen LogP contribution in [0.25, 0.3) is 0 Å². The van der Waals surface area contributed by atoms with E-state index in [0.29, 0.717) is 18.0 Å². The fraction of sp³-hybridized carbons (Fsp3) is 0.562. The van der Waals surface area contributed by atoms with Gasteiger partial charge in [-0.2, -0.15) is 5.10 Å². The van der Waals surface area contributed by atoms with Crippen LogP contribution < -0.4 is 5.32 Å². The Balaban J connectivity index is 2.20. The van der Waals surface area contributed by atoms with E-state index in [1.54, 1.807) is 0 Å². The second-order valence-corrected chi connectivity index (χ2v) is 7.39. The standard InChI is InChI=1S/C16H25N3S/c1-10(2)16(15-7-11(3)20-13(15)5)18-12(4)14-8-17-19(6)9-14/h7-10,12,16,18H,1-6H3/t12-,16+/m1/s1. The molecule has 0 saturated heterocycles. The summed E-state index contributed by atoms with van der Waals surface area (Å²) in [6.45, 7) is 11.2. The van der Waals surface area contributed by atoms with Crippen LogP contribution in [-0.4, -0.2) is 9.78 Å². The fourth-order valence-corrected chi connectivity index (χ4v) is 3.60. The van der Waals surface area contributed by atoms with Crippen LogP contribution in [0.5, 0.6) is 0 Å². The summed E-state index contributed by atoms with van der Waals surface area (Å²) in [5, 5.41) is 8.03. The van der Waals surface area contributed by atoms with Gasteiger partial charge >= 0.3 is 0 Å². The van der Waals surface area contributed by atoms with Crippen LogP contribution in [0.2, 0.25) is 0 Å². The van der Waals surface area contributed by atoms with Crippen LogP contribution in [0.4, 0.5) is 0 Å². The van der Waals surface area contributed by atoms with Crippen LogP contribution in [-0.2, 0) is 7.05 Å². The molecule has 0 aliphatic rings. The minimum atomic E-state index is 0.302. The summed E-state index contributed by atoms with van der Waals surface area (Å²) in [6, 6.07) is 3.01. The summed E-state index contributed by atoms with van der Waals surface area (Å²) in [5.41, 5.74) is 2.68. The molecule has 0 amide bonds. The van der Waals surface area contributed by atoms with Crippen molar-refractivity contribution in [3.8, 4) is 0 Å². The Morgan fingerprint density at radius 3 is 2.40 bits per heavy atom. The highest BCUT2D eigenvalue weighted by Gasteiger charge is 2.22. The predicted molar refractivity (Wildman–Crippen MR) is 86.1 cm³/mol. The van der Waals surface area contributed by atoms with E-state index in [1.807, 2.05) is 29.3 Å². The number of thiophene rings is 1. The summed E-state index contributed by atoms with van der Waals surface area (Å²) in [4.78, 5) is 2.81. The molecular weight excluding hydrogens is 266 g/mol. The van der Waals surface area contributed by atoms with Crippen molar-refractivity contribution in [1.82, 2.24) is 15.1 Å². The summed E-state index contributed by atoms with van der Waals surface area (Å²) in [5.74, 6) is 0.557. The van der Waals surface area contributed by atoms with E-state index in [1.165, 1.54) is 20.9 Å². The topological polar surface area (TPSA) is 29.9 Å². The van der Waals surface area contributed by atoms with Gasteiger partial charge in [0.05, 0.1) is 6.20 Å². The molecule has 0 spiro atoms. The van der Waals surface area contributed by atoms with Gasteiger partial charge in [-0.1, -0.05) is 13.8 Å². The number of aryl methyl sites for hydroxylation is 3. The molecule has 0 radical (unpaired) electrons. The van der Waals surface area contributed by atoms with E-state index in [4.69, 9.17) is 0 Å². The first kappa shape index (κ1) is 15.3. The molecule has 110 valence electrons. The molecule has 4 heteroatoms. The predicted octanol–water partition coefficient (Wildman–Crippen LogP) is 4.15. The quantitative estimate of drug-likeness (QED) is 0.897. The molecule has 0 aromatic carbocycles. The molecule has 0 aliphatic heterocycles. The van der Waals surface area contributed by atoms with E-state index in [0.717, 1.165) is 0 Å². The van der Waals surface area contributed by atoms with Crippen molar-refractivity contribution in [3.63, 3.8) is 0 Å². The van der Waals surface area contributed by atoms with Gasteiger partial charge in [0.15, 0.2) is 0 Å². The van der Waals surface area contributed by atoms with Crippen molar-refractivity contribution in [1.29, 1.82) is 0 Å². The average molecular weight is 291 g/mol. The highest BCUT2D eigenvalue weighted by Crippen LogP contribution is 2.32. The Kier molecular flexibility index (Phi) is 4.66. The van der Waals surface area contributed by atoms with E-state index in [9.17, 15) is 0 Å². The fourth-order valence-electron chi connectivity index (χ4n) is 2.63. The maximum Gasteiger partial charge on any atom is 0.0537 e. The van der Waals surface area contributed by atoms with Crippen LogP contribution in [0.3, 0.4) is 0 Å². The minimum absolute atomic E-state index is 0.302. The smallest absolute Gasteiger partial charge is 0.0537 e. The molecule has 2 atom stereocenters. The van der Waals surface area contributed by atoms with Gasteiger partial charge < -0.3 is 5.32 Å². The van der Waals surface area contributed by atoms with Crippen molar-refractivity contribution in [2.75, 3.05) is 0 Å². The molecule has 0 aliphatic carbocycles. The first-order valence-corrected chi connectivity index (χ1v) is 8.01.